The fourth-order valence-electron chi connectivity index (χ4n) is 2.85. The van der Waals surface area contributed by atoms with Gasteiger partial charge < -0.3 is 15.5 Å². The summed E-state index contributed by atoms with van der Waals surface area (Å²) in [5, 5.41) is 6.40. The van der Waals surface area contributed by atoms with Crippen molar-refractivity contribution in [2.45, 2.75) is 32.4 Å². The van der Waals surface area contributed by atoms with E-state index in [1.54, 1.807) is 0 Å². The van der Waals surface area contributed by atoms with Crippen LogP contribution in [0, 0.1) is 5.92 Å². The second-order valence-electron chi connectivity index (χ2n) is 5.88. The molecule has 0 radical (unpaired) electrons. The summed E-state index contributed by atoms with van der Waals surface area (Å²) in [7, 11) is 2.15. The summed E-state index contributed by atoms with van der Waals surface area (Å²) in [4.78, 5) is 16.5. The van der Waals surface area contributed by atoms with Crippen LogP contribution < -0.4 is 10.6 Å². The number of nitrogens with zero attached hydrogens (tertiary/aromatic N) is 2. The SMILES string of the molecule is CC(C)C1CN(C(=O)NC2CCNC2)CCN1C. The Morgan fingerprint density at radius 2 is 2.17 bits per heavy atom. The van der Waals surface area contributed by atoms with Crippen molar-refractivity contribution < 1.29 is 4.79 Å². The zero-order valence-corrected chi connectivity index (χ0v) is 11.8. The van der Waals surface area contributed by atoms with Gasteiger partial charge in [-0.3, -0.25) is 4.90 Å². The van der Waals surface area contributed by atoms with Gasteiger partial charge >= 0.3 is 6.03 Å². The van der Waals surface area contributed by atoms with Crippen molar-refractivity contribution in [1.29, 1.82) is 0 Å². The van der Waals surface area contributed by atoms with Gasteiger partial charge in [-0.25, -0.2) is 4.79 Å². The van der Waals surface area contributed by atoms with Crippen LogP contribution in [0.1, 0.15) is 20.3 Å². The molecule has 2 heterocycles. The topological polar surface area (TPSA) is 47.6 Å². The first kappa shape index (κ1) is 13.6. The van der Waals surface area contributed by atoms with E-state index in [9.17, 15) is 4.79 Å². The van der Waals surface area contributed by atoms with E-state index in [4.69, 9.17) is 0 Å². The minimum Gasteiger partial charge on any atom is -0.334 e. The summed E-state index contributed by atoms with van der Waals surface area (Å²) in [6.07, 6.45) is 1.05. The Kier molecular flexibility index (Phi) is 4.45. The lowest BCUT2D eigenvalue weighted by atomic mass is 10.0. The molecule has 2 rings (SSSR count). The molecule has 0 aromatic rings. The van der Waals surface area contributed by atoms with Crippen LogP contribution in [0.25, 0.3) is 0 Å². The third-order valence-electron chi connectivity index (χ3n) is 4.14. The van der Waals surface area contributed by atoms with Crippen molar-refractivity contribution in [3.63, 3.8) is 0 Å². The van der Waals surface area contributed by atoms with E-state index in [-0.39, 0.29) is 6.03 Å². The fraction of sp³-hybridized carbons (Fsp3) is 0.923. The predicted molar refractivity (Wildman–Crippen MR) is 72.6 cm³/mol. The Hall–Kier alpha value is -0.810. The molecule has 18 heavy (non-hydrogen) atoms. The first-order valence-corrected chi connectivity index (χ1v) is 7.04. The maximum atomic E-state index is 12.2. The number of nitrogens with one attached hydrogen (secondary N) is 2. The van der Waals surface area contributed by atoms with Crippen LogP contribution >= 0.6 is 0 Å². The molecule has 0 aromatic carbocycles. The molecule has 0 saturated carbocycles. The zero-order valence-electron chi connectivity index (χ0n) is 11.8. The summed E-state index contributed by atoms with van der Waals surface area (Å²) in [6.45, 7) is 9.04. The molecular formula is C13H26N4O. The minimum atomic E-state index is 0.113. The highest BCUT2D eigenvalue weighted by Crippen LogP contribution is 2.15. The quantitative estimate of drug-likeness (QED) is 0.746. The number of likely N-dealkylation sites (N-methyl/N-ethyl adjacent to an activating group) is 1. The number of carbonyl (C=O) groups is 1. The summed E-state index contributed by atoms with van der Waals surface area (Å²) in [6, 6.07) is 0.906. The van der Waals surface area contributed by atoms with Gasteiger partial charge in [0.1, 0.15) is 0 Å². The van der Waals surface area contributed by atoms with Gasteiger partial charge in [0.25, 0.3) is 0 Å². The highest BCUT2D eigenvalue weighted by molar-refractivity contribution is 5.74. The van der Waals surface area contributed by atoms with E-state index >= 15 is 0 Å². The van der Waals surface area contributed by atoms with Crippen LogP contribution in [-0.4, -0.2) is 67.7 Å². The molecule has 0 aliphatic carbocycles. The summed E-state index contributed by atoms with van der Waals surface area (Å²) >= 11 is 0. The highest BCUT2D eigenvalue weighted by atomic mass is 16.2. The minimum absolute atomic E-state index is 0.113. The maximum absolute atomic E-state index is 12.2. The van der Waals surface area contributed by atoms with Crippen LogP contribution in [0.5, 0.6) is 0 Å². The number of hydrogen-bond donors (Lipinski definition) is 2. The number of carbonyl (C=O) groups excluding carboxylic acids is 1. The average Bonchev–Trinajstić information content (AvgIpc) is 2.81. The van der Waals surface area contributed by atoms with E-state index < -0.39 is 0 Å². The molecule has 0 bridgehead atoms. The first-order chi connectivity index (χ1) is 8.58. The third kappa shape index (κ3) is 3.14. The van der Waals surface area contributed by atoms with E-state index in [1.807, 2.05) is 4.90 Å². The zero-order chi connectivity index (χ0) is 13.1. The van der Waals surface area contributed by atoms with Crippen LogP contribution in [-0.2, 0) is 0 Å². The highest BCUT2D eigenvalue weighted by Gasteiger charge is 2.30. The number of hydrogen-bond acceptors (Lipinski definition) is 3. The predicted octanol–water partition coefficient (Wildman–Crippen LogP) is 0.330. The molecule has 2 aliphatic heterocycles. The van der Waals surface area contributed by atoms with E-state index in [0.717, 1.165) is 39.1 Å². The number of rotatable bonds is 2. The lowest BCUT2D eigenvalue weighted by Crippen LogP contribution is -2.58. The van der Waals surface area contributed by atoms with E-state index in [2.05, 4.69) is 36.4 Å². The van der Waals surface area contributed by atoms with Crippen molar-refractivity contribution in [2.24, 2.45) is 5.92 Å². The van der Waals surface area contributed by atoms with Gasteiger partial charge in [0, 0.05) is 38.3 Å². The molecular weight excluding hydrogens is 228 g/mol. The average molecular weight is 254 g/mol. The van der Waals surface area contributed by atoms with Gasteiger partial charge in [-0.2, -0.15) is 0 Å². The second kappa shape index (κ2) is 5.89. The standard InChI is InChI=1S/C13H26N4O/c1-10(2)12-9-17(7-6-16(12)3)13(18)15-11-4-5-14-8-11/h10-12,14H,4-9H2,1-3H3,(H,15,18). The molecule has 2 aliphatic rings. The Labute approximate surface area is 110 Å². The second-order valence-corrected chi connectivity index (χ2v) is 5.88. The summed E-state index contributed by atoms with van der Waals surface area (Å²) < 4.78 is 0. The molecule has 2 saturated heterocycles. The smallest absolute Gasteiger partial charge is 0.317 e. The van der Waals surface area contributed by atoms with Crippen molar-refractivity contribution in [3.8, 4) is 0 Å². The molecule has 2 amide bonds. The van der Waals surface area contributed by atoms with Crippen LogP contribution in [0.4, 0.5) is 4.79 Å². The Balaban J connectivity index is 1.86. The molecule has 2 fully saturated rings. The lowest BCUT2D eigenvalue weighted by molar-refractivity contribution is 0.0848. The fourth-order valence-corrected chi connectivity index (χ4v) is 2.85. The number of piperazine rings is 1. The van der Waals surface area contributed by atoms with Gasteiger partial charge in [0.15, 0.2) is 0 Å². The third-order valence-corrected chi connectivity index (χ3v) is 4.14. The Morgan fingerprint density at radius 1 is 1.39 bits per heavy atom. The molecule has 2 unspecified atom stereocenters. The van der Waals surface area contributed by atoms with Gasteiger partial charge in [0.05, 0.1) is 0 Å². The number of urea groups is 1. The van der Waals surface area contributed by atoms with Crippen molar-refractivity contribution in [1.82, 2.24) is 20.4 Å². The lowest BCUT2D eigenvalue weighted by Gasteiger charge is -2.41. The molecule has 2 atom stereocenters. The Morgan fingerprint density at radius 3 is 2.78 bits per heavy atom. The van der Waals surface area contributed by atoms with Crippen LogP contribution in [0.15, 0.2) is 0 Å². The van der Waals surface area contributed by atoms with Crippen LogP contribution in [0.3, 0.4) is 0 Å². The molecule has 5 nitrogen and oxygen atoms in total. The molecule has 5 heteroatoms. The Bertz CT molecular complexity index is 289. The molecule has 104 valence electrons. The number of amides is 2. The largest absolute Gasteiger partial charge is 0.334 e. The maximum Gasteiger partial charge on any atom is 0.317 e. The monoisotopic (exact) mass is 254 g/mol. The van der Waals surface area contributed by atoms with Gasteiger partial charge in [-0.1, -0.05) is 13.8 Å². The van der Waals surface area contributed by atoms with Gasteiger partial charge in [0.2, 0.25) is 0 Å². The van der Waals surface area contributed by atoms with Crippen molar-refractivity contribution >= 4 is 6.03 Å². The van der Waals surface area contributed by atoms with Crippen molar-refractivity contribution in [3.05, 3.63) is 0 Å². The molecule has 0 spiro atoms. The van der Waals surface area contributed by atoms with E-state index in [0.29, 0.717) is 18.0 Å². The molecule has 0 aromatic heterocycles. The van der Waals surface area contributed by atoms with Crippen LogP contribution in [0.2, 0.25) is 0 Å². The van der Waals surface area contributed by atoms with Gasteiger partial charge in [-0.05, 0) is 25.9 Å². The first-order valence-electron chi connectivity index (χ1n) is 7.04. The molecule has 2 N–H and O–H groups in total. The van der Waals surface area contributed by atoms with E-state index in [1.165, 1.54) is 0 Å². The van der Waals surface area contributed by atoms with Gasteiger partial charge in [-0.15, -0.1) is 0 Å². The normalized spacial score (nSPS) is 29.9. The summed E-state index contributed by atoms with van der Waals surface area (Å²) in [5.74, 6) is 0.582. The van der Waals surface area contributed by atoms with Crippen molar-refractivity contribution in [2.75, 3.05) is 39.8 Å². The summed E-state index contributed by atoms with van der Waals surface area (Å²) in [5.41, 5.74) is 0.